The lowest BCUT2D eigenvalue weighted by molar-refractivity contribution is 0.109. The molecule has 2 atom stereocenters. The molecule has 0 aromatic carbocycles. The van der Waals surface area contributed by atoms with E-state index in [1.165, 1.54) is 44.3 Å². The summed E-state index contributed by atoms with van der Waals surface area (Å²) in [4.78, 5) is 2.54. The van der Waals surface area contributed by atoms with E-state index in [9.17, 15) is 5.11 Å². The van der Waals surface area contributed by atoms with Gasteiger partial charge in [0.25, 0.3) is 0 Å². The van der Waals surface area contributed by atoms with Crippen LogP contribution in [-0.4, -0.2) is 36.2 Å². The number of rotatable bonds is 6. The van der Waals surface area contributed by atoms with Crippen molar-refractivity contribution in [2.45, 2.75) is 46.5 Å². The Kier molecular flexibility index (Phi) is 6.83. The topological polar surface area (TPSA) is 23.5 Å². The molecule has 0 aromatic rings. The zero-order valence-electron chi connectivity index (χ0n) is 11.8. The van der Waals surface area contributed by atoms with E-state index in [2.05, 4.69) is 31.7 Å². The van der Waals surface area contributed by atoms with Crippen LogP contribution in [0.4, 0.5) is 0 Å². The SMILES string of the molecule is CC(C)=CCC[C@H](C)CN1CCC[C@H](CO)C1. The van der Waals surface area contributed by atoms with E-state index in [1.54, 1.807) is 0 Å². The Labute approximate surface area is 107 Å². The van der Waals surface area contributed by atoms with Crippen molar-refractivity contribution in [1.82, 2.24) is 4.90 Å². The first kappa shape index (κ1) is 14.7. The predicted molar refractivity (Wildman–Crippen MR) is 74.1 cm³/mol. The van der Waals surface area contributed by atoms with Gasteiger partial charge in [0.1, 0.15) is 0 Å². The Morgan fingerprint density at radius 3 is 2.88 bits per heavy atom. The molecular formula is C15H29NO. The van der Waals surface area contributed by atoms with Crippen LogP contribution in [0.15, 0.2) is 11.6 Å². The molecule has 1 aliphatic heterocycles. The van der Waals surface area contributed by atoms with Gasteiger partial charge in [0, 0.05) is 19.7 Å². The molecule has 1 heterocycles. The van der Waals surface area contributed by atoms with Crippen molar-refractivity contribution < 1.29 is 5.11 Å². The minimum Gasteiger partial charge on any atom is -0.396 e. The van der Waals surface area contributed by atoms with E-state index < -0.39 is 0 Å². The van der Waals surface area contributed by atoms with E-state index >= 15 is 0 Å². The number of allylic oxidation sites excluding steroid dienone is 2. The predicted octanol–water partition coefficient (Wildman–Crippen LogP) is 3.07. The van der Waals surface area contributed by atoms with Gasteiger partial charge in [0.2, 0.25) is 0 Å². The highest BCUT2D eigenvalue weighted by molar-refractivity contribution is 4.92. The molecular weight excluding hydrogens is 210 g/mol. The fourth-order valence-corrected chi connectivity index (χ4v) is 2.65. The lowest BCUT2D eigenvalue weighted by atomic mass is 9.97. The average Bonchev–Trinajstić information content (AvgIpc) is 2.28. The first-order valence-corrected chi connectivity index (χ1v) is 7.08. The Morgan fingerprint density at radius 2 is 2.24 bits per heavy atom. The number of likely N-dealkylation sites (tertiary alicyclic amines) is 1. The Hall–Kier alpha value is -0.340. The van der Waals surface area contributed by atoms with E-state index in [4.69, 9.17) is 0 Å². The quantitative estimate of drug-likeness (QED) is 0.720. The van der Waals surface area contributed by atoms with Crippen LogP contribution in [0.5, 0.6) is 0 Å². The average molecular weight is 239 g/mol. The maximum atomic E-state index is 9.21. The normalized spacial score (nSPS) is 23.4. The van der Waals surface area contributed by atoms with Gasteiger partial charge in [-0.05, 0) is 57.9 Å². The monoisotopic (exact) mass is 239 g/mol. The van der Waals surface area contributed by atoms with Crippen molar-refractivity contribution in [3.8, 4) is 0 Å². The molecule has 1 N–H and O–H groups in total. The number of aliphatic hydroxyl groups excluding tert-OH is 1. The van der Waals surface area contributed by atoms with Crippen molar-refractivity contribution >= 4 is 0 Å². The molecule has 0 radical (unpaired) electrons. The molecule has 1 aliphatic rings. The van der Waals surface area contributed by atoms with Gasteiger partial charge >= 0.3 is 0 Å². The lowest BCUT2D eigenvalue weighted by Crippen LogP contribution is -2.39. The van der Waals surface area contributed by atoms with Gasteiger partial charge in [-0.1, -0.05) is 18.6 Å². The summed E-state index contributed by atoms with van der Waals surface area (Å²) >= 11 is 0. The minimum atomic E-state index is 0.364. The van der Waals surface area contributed by atoms with Crippen molar-refractivity contribution in [3.05, 3.63) is 11.6 Å². The van der Waals surface area contributed by atoms with Crippen molar-refractivity contribution in [1.29, 1.82) is 0 Å². The van der Waals surface area contributed by atoms with Crippen LogP contribution in [0, 0.1) is 11.8 Å². The summed E-state index contributed by atoms with van der Waals surface area (Å²) in [6.07, 6.45) is 7.29. The van der Waals surface area contributed by atoms with E-state index in [1.807, 2.05) is 0 Å². The summed E-state index contributed by atoms with van der Waals surface area (Å²) in [6.45, 7) is 10.6. The molecule has 0 aromatic heterocycles. The molecule has 0 bridgehead atoms. The van der Waals surface area contributed by atoms with E-state index in [-0.39, 0.29) is 0 Å². The van der Waals surface area contributed by atoms with Crippen LogP contribution in [0.1, 0.15) is 46.5 Å². The molecule has 0 aliphatic carbocycles. The second-order valence-corrected chi connectivity index (χ2v) is 5.91. The van der Waals surface area contributed by atoms with Gasteiger partial charge in [0.05, 0.1) is 0 Å². The third kappa shape index (κ3) is 6.23. The molecule has 1 saturated heterocycles. The van der Waals surface area contributed by atoms with Gasteiger partial charge in [0.15, 0.2) is 0 Å². The summed E-state index contributed by atoms with van der Waals surface area (Å²) in [7, 11) is 0. The minimum absolute atomic E-state index is 0.364. The highest BCUT2D eigenvalue weighted by Crippen LogP contribution is 2.18. The highest BCUT2D eigenvalue weighted by atomic mass is 16.3. The van der Waals surface area contributed by atoms with Gasteiger partial charge in [-0.15, -0.1) is 0 Å². The maximum Gasteiger partial charge on any atom is 0.0471 e. The second-order valence-electron chi connectivity index (χ2n) is 5.91. The van der Waals surface area contributed by atoms with Gasteiger partial charge in [-0.2, -0.15) is 0 Å². The van der Waals surface area contributed by atoms with Crippen LogP contribution in [-0.2, 0) is 0 Å². The number of aliphatic hydroxyl groups is 1. The van der Waals surface area contributed by atoms with Crippen LogP contribution in [0.25, 0.3) is 0 Å². The summed E-state index contributed by atoms with van der Waals surface area (Å²) in [6, 6.07) is 0. The number of hydrogen-bond acceptors (Lipinski definition) is 2. The summed E-state index contributed by atoms with van der Waals surface area (Å²) < 4.78 is 0. The number of nitrogens with zero attached hydrogens (tertiary/aromatic N) is 1. The Balaban J connectivity index is 2.21. The van der Waals surface area contributed by atoms with Crippen molar-refractivity contribution in [2.75, 3.05) is 26.2 Å². The smallest absolute Gasteiger partial charge is 0.0471 e. The standard InChI is InChI=1S/C15H29NO/c1-13(2)6-4-7-14(3)10-16-9-5-8-15(11-16)12-17/h6,14-15,17H,4-5,7-12H2,1-3H3/t14-,15-/m0/s1. The van der Waals surface area contributed by atoms with E-state index in [0.29, 0.717) is 12.5 Å². The van der Waals surface area contributed by atoms with Gasteiger partial charge in [-0.3, -0.25) is 0 Å². The first-order chi connectivity index (χ1) is 8.11. The second kappa shape index (κ2) is 7.88. The van der Waals surface area contributed by atoms with Crippen molar-refractivity contribution in [3.63, 3.8) is 0 Å². The van der Waals surface area contributed by atoms with Crippen LogP contribution in [0.3, 0.4) is 0 Å². The Morgan fingerprint density at radius 1 is 1.47 bits per heavy atom. The molecule has 2 heteroatoms. The first-order valence-electron chi connectivity index (χ1n) is 7.08. The fourth-order valence-electron chi connectivity index (χ4n) is 2.65. The summed E-state index contributed by atoms with van der Waals surface area (Å²) in [5, 5.41) is 9.21. The molecule has 0 amide bonds. The largest absolute Gasteiger partial charge is 0.396 e. The van der Waals surface area contributed by atoms with Gasteiger partial charge < -0.3 is 10.0 Å². The lowest BCUT2D eigenvalue weighted by Gasteiger charge is -2.33. The third-order valence-corrected chi connectivity index (χ3v) is 3.64. The van der Waals surface area contributed by atoms with Crippen molar-refractivity contribution in [2.24, 2.45) is 11.8 Å². The molecule has 1 rings (SSSR count). The molecule has 1 fully saturated rings. The zero-order valence-corrected chi connectivity index (χ0v) is 11.8. The summed E-state index contributed by atoms with van der Waals surface area (Å²) in [5.41, 5.74) is 1.43. The molecule has 0 saturated carbocycles. The fraction of sp³-hybridized carbons (Fsp3) is 0.867. The van der Waals surface area contributed by atoms with E-state index in [0.717, 1.165) is 12.5 Å². The molecule has 17 heavy (non-hydrogen) atoms. The van der Waals surface area contributed by atoms with Crippen LogP contribution >= 0.6 is 0 Å². The molecule has 100 valence electrons. The third-order valence-electron chi connectivity index (χ3n) is 3.64. The highest BCUT2D eigenvalue weighted by Gasteiger charge is 2.20. The maximum absolute atomic E-state index is 9.21. The number of hydrogen-bond donors (Lipinski definition) is 1. The zero-order chi connectivity index (χ0) is 12.7. The van der Waals surface area contributed by atoms with Crippen LogP contribution in [0.2, 0.25) is 0 Å². The molecule has 0 unspecified atom stereocenters. The van der Waals surface area contributed by atoms with Gasteiger partial charge in [-0.25, -0.2) is 0 Å². The molecule has 0 spiro atoms. The molecule has 2 nitrogen and oxygen atoms in total. The van der Waals surface area contributed by atoms with Crippen LogP contribution < -0.4 is 0 Å². The Bertz CT molecular complexity index is 233. The summed E-state index contributed by atoms with van der Waals surface area (Å²) in [5.74, 6) is 1.29. The number of piperidine rings is 1.